The van der Waals surface area contributed by atoms with E-state index >= 15 is 0 Å². The number of rotatable bonds is 5. The summed E-state index contributed by atoms with van der Waals surface area (Å²) in [6, 6.07) is -0.388. The molecule has 1 amide bonds. The van der Waals surface area contributed by atoms with E-state index in [-0.39, 0.29) is 18.5 Å². The number of carbonyl (C=O) groups is 2. The Morgan fingerprint density at radius 3 is 2.50 bits per heavy atom. The summed E-state index contributed by atoms with van der Waals surface area (Å²) < 4.78 is 0. The molecule has 0 fully saturated rings. The fourth-order valence-electron chi connectivity index (χ4n) is 0.922. The van der Waals surface area contributed by atoms with Crippen molar-refractivity contribution >= 4 is 12.2 Å². The lowest BCUT2D eigenvalue weighted by atomic mass is 10.1. The van der Waals surface area contributed by atoms with E-state index in [0.717, 1.165) is 6.29 Å². The Bertz CT molecular complexity index is 157. The van der Waals surface area contributed by atoms with E-state index in [1.54, 1.807) is 0 Å². The number of carbonyl (C=O) groups excluding carboxylic acids is 2. The molecule has 12 heavy (non-hydrogen) atoms. The minimum atomic E-state index is -0.388. The van der Waals surface area contributed by atoms with Gasteiger partial charge in [0.05, 0.1) is 12.6 Å². The normalized spacial score (nSPS) is 12.7. The molecular formula is C8H16N2O2. The first-order valence-electron chi connectivity index (χ1n) is 4.04. The van der Waals surface area contributed by atoms with Gasteiger partial charge in [-0.3, -0.25) is 4.79 Å². The van der Waals surface area contributed by atoms with Crippen LogP contribution in [-0.4, -0.2) is 24.8 Å². The number of hydrogen-bond acceptors (Lipinski definition) is 3. The highest BCUT2D eigenvalue weighted by Gasteiger charge is 2.11. The van der Waals surface area contributed by atoms with Crippen molar-refractivity contribution in [3.05, 3.63) is 0 Å². The summed E-state index contributed by atoms with van der Waals surface area (Å²) in [5, 5.41) is 2.52. The first kappa shape index (κ1) is 11.1. The Hall–Kier alpha value is -0.900. The highest BCUT2D eigenvalue weighted by Crippen LogP contribution is 2.02. The van der Waals surface area contributed by atoms with Crippen molar-refractivity contribution in [2.45, 2.75) is 26.3 Å². The predicted octanol–water partition coefficient (Wildman–Crippen LogP) is -0.325. The average molecular weight is 172 g/mol. The Morgan fingerprint density at radius 1 is 1.58 bits per heavy atom. The highest BCUT2D eigenvalue weighted by molar-refractivity contribution is 5.81. The summed E-state index contributed by atoms with van der Waals surface area (Å²) >= 11 is 0. The van der Waals surface area contributed by atoms with Crippen LogP contribution in [-0.2, 0) is 9.59 Å². The van der Waals surface area contributed by atoms with Gasteiger partial charge in [-0.25, -0.2) is 0 Å². The second-order valence-electron chi connectivity index (χ2n) is 3.14. The van der Waals surface area contributed by atoms with Crippen LogP contribution in [0.1, 0.15) is 20.3 Å². The smallest absolute Gasteiger partial charge is 0.234 e. The average Bonchev–Trinajstić information content (AvgIpc) is 2.02. The molecule has 0 rings (SSSR count). The monoisotopic (exact) mass is 172 g/mol. The van der Waals surface area contributed by atoms with Crippen LogP contribution >= 0.6 is 0 Å². The van der Waals surface area contributed by atoms with E-state index < -0.39 is 0 Å². The summed E-state index contributed by atoms with van der Waals surface area (Å²) in [4.78, 5) is 21.2. The maximum Gasteiger partial charge on any atom is 0.234 e. The molecule has 0 saturated carbocycles. The second kappa shape index (κ2) is 5.71. The lowest BCUT2D eigenvalue weighted by molar-refractivity contribution is -0.123. The van der Waals surface area contributed by atoms with Crippen molar-refractivity contribution in [3.8, 4) is 0 Å². The van der Waals surface area contributed by atoms with Gasteiger partial charge in [-0.05, 0) is 12.3 Å². The molecular weight excluding hydrogens is 156 g/mol. The van der Waals surface area contributed by atoms with Crippen molar-refractivity contribution in [3.63, 3.8) is 0 Å². The number of hydrogen-bond donors (Lipinski definition) is 2. The molecule has 0 spiro atoms. The fraction of sp³-hybridized carbons (Fsp3) is 0.750. The molecule has 0 heterocycles. The van der Waals surface area contributed by atoms with E-state index in [2.05, 4.69) is 5.32 Å². The standard InChI is InChI=1S/C8H16N2O2/c1-6(2)3-7(5-11)10-8(12)4-9/h5-7H,3-4,9H2,1-2H3,(H,10,12). The van der Waals surface area contributed by atoms with Crippen molar-refractivity contribution < 1.29 is 9.59 Å². The van der Waals surface area contributed by atoms with Gasteiger partial charge >= 0.3 is 0 Å². The molecule has 0 radical (unpaired) electrons. The zero-order valence-electron chi connectivity index (χ0n) is 7.54. The van der Waals surface area contributed by atoms with Crippen LogP contribution in [0.2, 0.25) is 0 Å². The van der Waals surface area contributed by atoms with Crippen LogP contribution in [0.25, 0.3) is 0 Å². The Morgan fingerprint density at radius 2 is 2.17 bits per heavy atom. The third-order valence-electron chi connectivity index (χ3n) is 1.42. The van der Waals surface area contributed by atoms with E-state index in [1.807, 2.05) is 13.8 Å². The molecule has 0 aromatic rings. The van der Waals surface area contributed by atoms with Gasteiger partial charge < -0.3 is 15.8 Å². The van der Waals surface area contributed by atoms with E-state index in [4.69, 9.17) is 5.73 Å². The summed E-state index contributed by atoms with van der Waals surface area (Å²) in [5.41, 5.74) is 5.08. The van der Waals surface area contributed by atoms with Gasteiger partial charge in [0.1, 0.15) is 6.29 Å². The fourth-order valence-corrected chi connectivity index (χ4v) is 0.922. The molecule has 4 nitrogen and oxygen atoms in total. The van der Waals surface area contributed by atoms with Gasteiger partial charge in [-0.2, -0.15) is 0 Å². The van der Waals surface area contributed by atoms with Gasteiger partial charge in [0, 0.05) is 0 Å². The molecule has 0 bridgehead atoms. The zero-order valence-corrected chi connectivity index (χ0v) is 7.54. The van der Waals surface area contributed by atoms with E-state index in [1.165, 1.54) is 0 Å². The van der Waals surface area contributed by atoms with Crippen LogP contribution in [0, 0.1) is 5.92 Å². The maximum absolute atomic E-state index is 10.8. The Kier molecular flexibility index (Phi) is 5.28. The molecule has 3 N–H and O–H groups in total. The summed E-state index contributed by atoms with van der Waals surface area (Å²) in [6.07, 6.45) is 1.41. The number of nitrogens with two attached hydrogens (primary N) is 1. The predicted molar refractivity (Wildman–Crippen MR) is 46.5 cm³/mol. The van der Waals surface area contributed by atoms with Crippen molar-refractivity contribution in [2.75, 3.05) is 6.54 Å². The summed E-state index contributed by atoms with van der Waals surface area (Å²) in [6.45, 7) is 3.92. The van der Waals surface area contributed by atoms with Crippen molar-refractivity contribution in [2.24, 2.45) is 11.7 Å². The third kappa shape index (κ3) is 4.85. The molecule has 0 saturated heterocycles. The zero-order chi connectivity index (χ0) is 9.56. The van der Waals surface area contributed by atoms with Crippen molar-refractivity contribution in [1.82, 2.24) is 5.32 Å². The van der Waals surface area contributed by atoms with Gasteiger partial charge in [0.2, 0.25) is 5.91 Å². The van der Waals surface area contributed by atoms with Crippen LogP contribution in [0.4, 0.5) is 0 Å². The van der Waals surface area contributed by atoms with Gasteiger partial charge in [-0.1, -0.05) is 13.8 Å². The molecule has 70 valence electrons. The van der Waals surface area contributed by atoms with Crippen LogP contribution in [0.3, 0.4) is 0 Å². The maximum atomic E-state index is 10.8. The third-order valence-corrected chi connectivity index (χ3v) is 1.42. The van der Waals surface area contributed by atoms with Crippen LogP contribution < -0.4 is 11.1 Å². The first-order valence-corrected chi connectivity index (χ1v) is 4.04. The minimum Gasteiger partial charge on any atom is -0.345 e. The quantitative estimate of drug-likeness (QED) is 0.558. The van der Waals surface area contributed by atoms with E-state index in [9.17, 15) is 9.59 Å². The first-order chi connectivity index (χ1) is 5.60. The SMILES string of the molecule is CC(C)CC(C=O)NC(=O)CN. The molecule has 0 aromatic heterocycles. The van der Waals surface area contributed by atoms with Gasteiger partial charge in [0.25, 0.3) is 0 Å². The number of nitrogens with one attached hydrogen (secondary N) is 1. The van der Waals surface area contributed by atoms with E-state index in [0.29, 0.717) is 12.3 Å². The summed E-state index contributed by atoms with van der Waals surface area (Å²) in [5.74, 6) is 0.103. The number of amides is 1. The molecule has 1 unspecified atom stereocenters. The Labute approximate surface area is 72.5 Å². The lowest BCUT2D eigenvalue weighted by Gasteiger charge is -2.13. The molecule has 4 heteroatoms. The highest BCUT2D eigenvalue weighted by atomic mass is 16.2. The lowest BCUT2D eigenvalue weighted by Crippen LogP contribution is -2.40. The van der Waals surface area contributed by atoms with Crippen LogP contribution in [0.15, 0.2) is 0 Å². The molecule has 1 atom stereocenters. The molecule has 0 aliphatic heterocycles. The molecule has 0 aromatic carbocycles. The molecule has 0 aliphatic carbocycles. The largest absolute Gasteiger partial charge is 0.345 e. The van der Waals surface area contributed by atoms with Crippen LogP contribution in [0.5, 0.6) is 0 Å². The van der Waals surface area contributed by atoms with Gasteiger partial charge in [-0.15, -0.1) is 0 Å². The van der Waals surface area contributed by atoms with Gasteiger partial charge in [0.15, 0.2) is 0 Å². The topological polar surface area (TPSA) is 72.2 Å². The Balaban J connectivity index is 3.82. The number of aldehydes is 1. The summed E-state index contributed by atoms with van der Waals surface area (Å²) in [7, 11) is 0. The minimum absolute atomic E-state index is 0.0670. The second-order valence-corrected chi connectivity index (χ2v) is 3.14. The van der Waals surface area contributed by atoms with Crippen molar-refractivity contribution in [1.29, 1.82) is 0 Å². The molecule has 0 aliphatic rings.